The Labute approximate surface area is 115 Å². The second-order valence-electron chi connectivity index (χ2n) is 4.08. The molecule has 2 rings (SSSR count). The highest BCUT2D eigenvalue weighted by molar-refractivity contribution is 6.32. The van der Waals surface area contributed by atoms with Crippen LogP contribution in [0.3, 0.4) is 0 Å². The summed E-state index contributed by atoms with van der Waals surface area (Å²) in [6.07, 6.45) is 0.219. The smallest absolute Gasteiger partial charge is 0.168 e. The minimum atomic E-state index is -0.0256. The van der Waals surface area contributed by atoms with Crippen LogP contribution in [0.15, 0.2) is 24.3 Å². The summed E-state index contributed by atoms with van der Waals surface area (Å²) in [6.45, 7) is 1.82. The lowest BCUT2D eigenvalue weighted by molar-refractivity contribution is 0.0991. The zero-order valence-corrected chi connectivity index (χ0v) is 11.6. The van der Waals surface area contributed by atoms with Crippen LogP contribution in [0.1, 0.15) is 21.7 Å². The van der Waals surface area contributed by atoms with Gasteiger partial charge in [0.1, 0.15) is 0 Å². The predicted octanol–water partition coefficient (Wildman–Crippen LogP) is 3.46. The number of aromatic nitrogens is 2. The molecule has 0 N–H and O–H groups in total. The summed E-state index contributed by atoms with van der Waals surface area (Å²) in [5.41, 5.74) is 2.03. The number of ketones is 1. The van der Waals surface area contributed by atoms with Crippen molar-refractivity contribution in [3.63, 3.8) is 0 Å². The number of carbonyl (C=O) groups excluding carboxylic acids is 1. The van der Waals surface area contributed by atoms with Crippen molar-refractivity contribution < 1.29 is 4.79 Å². The van der Waals surface area contributed by atoms with Crippen molar-refractivity contribution in [1.82, 2.24) is 9.78 Å². The predicted molar refractivity (Wildman–Crippen MR) is 72.4 cm³/mol. The summed E-state index contributed by atoms with van der Waals surface area (Å²) in [7, 11) is 1.78. The molecular weight excluding hydrogens is 271 g/mol. The molecule has 0 fully saturated rings. The first-order valence-electron chi connectivity index (χ1n) is 5.45. The first-order chi connectivity index (χ1) is 8.49. The quantitative estimate of drug-likeness (QED) is 0.808. The van der Waals surface area contributed by atoms with Crippen LogP contribution in [0, 0.1) is 6.92 Å². The van der Waals surface area contributed by atoms with Crippen LogP contribution in [0.2, 0.25) is 10.0 Å². The van der Waals surface area contributed by atoms with Crippen molar-refractivity contribution in [3.05, 3.63) is 51.3 Å². The molecule has 0 bridgehead atoms. The van der Waals surface area contributed by atoms with E-state index in [2.05, 4.69) is 5.10 Å². The molecule has 1 aromatic carbocycles. The molecule has 1 heterocycles. The van der Waals surface area contributed by atoms with E-state index in [9.17, 15) is 4.79 Å². The van der Waals surface area contributed by atoms with Crippen molar-refractivity contribution in [2.24, 2.45) is 7.05 Å². The van der Waals surface area contributed by atoms with Gasteiger partial charge in [-0.1, -0.05) is 35.3 Å². The molecule has 94 valence electrons. The van der Waals surface area contributed by atoms with Gasteiger partial charge >= 0.3 is 0 Å². The van der Waals surface area contributed by atoms with Crippen LogP contribution in [-0.2, 0) is 13.5 Å². The van der Waals surface area contributed by atoms with E-state index in [0.29, 0.717) is 15.6 Å². The third-order valence-corrected chi connectivity index (χ3v) is 3.46. The molecule has 0 aliphatic rings. The van der Waals surface area contributed by atoms with E-state index in [-0.39, 0.29) is 12.2 Å². The number of rotatable bonds is 3. The van der Waals surface area contributed by atoms with Gasteiger partial charge in [0, 0.05) is 17.6 Å². The molecular formula is C13H12Cl2N2O. The van der Waals surface area contributed by atoms with Crippen LogP contribution in [0.25, 0.3) is 0 Å². The normalized spacial score (nSPS) is 10.7. The molecule has 0 atom stereocenters. The molecule has 0 saturated carbocycles. The maximum Gasteiger partial charge on any atom is 0.168 e. The van der Waals surface area contributed by atoms with E-state index in [4.69, 9.17) is 23.2 Å². The van der Waals surface area contributed by atoms with E-state index in [0.717, 1.165) is 11.4 Å². The standard InChI is InChI=1S/C13H12Cl2N2O/c1-8-13(15)11(17(2)16-8)7-12(18)9-4-3-5-10(14)6-9/h3-6H,7H2,1-2H3. The minimum absolute atomic E-state index is 0.0256. The van der Waals surface area contributed by atoms with E-state index in [1.165, 1.54) is 0 Å². The minimum Gasteiger partial charge on any atom is -0.294 e. The van der Waals surface area contributed by atoms with Gasteiger partial charge in [0.15, 0.2) is 5.78 Å². The lowest BCUT2D eigenvalue weighted by Gasteiger charge is -2.03. The third kappa shape index (κ3) is 2.57. The second-order valence-corrected chi connectivity index (χ2v) is 4.89. The Morgan fingerprint density at radius 3 is 2.67 bits per heavy atom. The maximum atomic E-state index is 12.1. The topological polar surface area (TPSA) is 34.9 Å². The third-order valence-electron chi connectivity index (χ3n) is 2.74. The van der Waals surface area contributed by atoms with E-state index >= 15 is 0 Å². The zero-order valence-electron chi connectivity index (χ0n) is 10.1. The van der Waals surface area contributed by atoms with E-state index in [1.807, 2.05) is 6.92 Å². The lowest BCUT2D eigenvalue weighted by atomic mass is 10.1. The number of carbonyl (C=O) groups is 1. The number of benzene rings is 1. The largest absolute Gasteiger partial charge is 0.294 e. The Balaban J connectivity index is 2.27. The van der Waals surface area contributed by atoms with Crippen molar-refractivity contribution in [2.75, 3.05) is 0 Å². The summed E-state index contributed by atoms with van der Waals surface area (Å²) in [5.74, 6) is -0.0256. The number of hydrogen-bond donors (Lipinski definition) is 0. The van der Waals surface area contributed by atoms with E-state index < -0.39 is 0 Å². The van der Waals surface area contributed by atoms with Crippen molar-refractivity contribution in [2.45, 2.75) is 13.3 Å². The average molecular weight is 283 g/mol. The molecule has 5 heteroatoms. The summed E-state index contributed by atoms with van der Waals surface area (Å²) < 4.78 is 1.64. The average Bonchev–Trinajstić information content (AvgIpc) is 2.56. The molecule has 18 heavy (non-hydrogen) atoms. The number of halogens is 2. The number of hydrogen-bond acceptors (Lipinski definition) is 2. The van der Waals surface area contributed by atoms with Crippen LogP contribution in [0.5, 0.6) is 0 Å². The van der Waals surface area contributed by atoms with Crippen LogP contribution < -0.4 is 0 Å². The van der Waals surface area contributed by atoms with Crippen molar-refractivity contribution in [3.8, 4) is 0 Å². The van der Waals surface area contributed by atoms with Crippen LogP contribution >= 0.6 is 23.2 Å². The molecule has 0 unspecified atom stereocenters. The Morgan fingerprint density at radius 1 is 1.39 bits per heavy atom. The number of aryl methyl sites for hydroxylation is 2. The summed E-state index contributed by atoms with van der Waals surface area (Å²) in [5, 5.41) is 5.28. The van der Waals surface area contributed by atoms with Gasteiger partial charge in [0.2, 0.25) is 0 Å². The Kier molecular flexibility index (Phi) is 3.73. The SMILES string of the molecule is Cc1nn(C)c(CC(=O)c2cccc(Cl)c2)c1Cl. The van der Waals surface area contributed by atoms with Gasteiger partial charge in [0.25, 0.3) is 0 Å². The fourth-order valence-electron chi connectivity index (χ4n) is 1.79. The van der Waals surface area contributed by atoms with Gasteiger partial charge in [-0.25, -0.2) is 0 Å². The maximum absolute atomic E-state index is 12.1. The van der Waals surface area contributed by atoms with Crippen LogP contribution in [0.4, 0.5) is 0 Å². The Hall–Kier alpha value is -1.32. The Bertz CT molecular complexity index is 605. The fourth-order valence-corrected chi connectivity index (χ4v) is 2.21. The lowest BCUT2D eigenvalue weighted by Crippen LogP contribution is -2.08. The molecule has 3 nitrogen and oxygen atoms in total. The second kappa shape index (κ2) is 5.12. The molecule has 2 aromatic rings. The molecule has 0 amide bonds. The highest BCUT2D eigenvalue weighted by Crippen LogP contribution is 2.21. The fraction of sp³-hybridized carbons (Fsp3) is 0.231. The number of nitrogens with zero attached hydrogens (tertiary/aromatic N) is 2. The molecule has 0 radical (unpaired) electrons. The number of Topliss-reactive ketones (excluding diaryl/α,β-unsaturated/α-hetero) is 1. The molecule has 0 aliphatic heterocycles. The van der Waals surface area contributed by atoms with E-state index in [1.54, 1.807) is 36.0 Å². The van der Waals surface area contributed by atoms with Gasteiger partial charge in [0.05, 0.1) is 22.8 Å². The van der Waals surface area contributed by atoms with Gasteiger partial charge in [-0.3, -0.25) is 9.48 Å². The monoisotopic (exact) mass is 282 g/mol. The molecule has 0 saturated heterocycles. The summed E-state index contributed by atoms with van der Waals surface area (Å²) in [4.78, 5) is 12.1. The zero-order chi connectivity index (χ0) is 13.3. The van der Waals surface area contributed by atoms with Crippen LogP contribution in [-0.4, -0.2) is 15.6 Å². The van der Waals surface area contributed by atoms with Gasteiger partial charge in [-0.2, -0.15) is 5.10 Å². The molecule has 1 aromatic heterocycles. The van der Waals surface area contributed by atoms with Gasteiger partial charge < -0.3 is 0 Å². The van der Waals surface area contributed by atoms with Crippen molar-refractivity contribution >= 4 is 29.0 Å². The summed E-state index contributed by atoms with van der Waals surface area (Å²) in [6, 6.07) is 6.89. The van der Waals surface area contributed by atoms with Gasteiger partial charge in [-0.15, -0.1) is 0 Å². The van der Waals surface area contributed by atoms with Gasteiger partial charge in [-0.05, 0) is 19.1 Å². The highest BCUT2D eigenvalue weighted by atomic mass is 35.5. The molecule has 0 spiro atoms. The molecule has 0 aliphatic carbocycles. The summed E-state index contributed by atoms with van der Waals surface area (Å²) >= 11 is 12.0. The Morgan fingerprint density at radius 2 is 2.11 bits per heavy atom. The highest BCUT2D eigenvalue weighted by Gasteiger charge is 2.16. The first-order valence-corrected chi connectivity index (χ1v) is 6.21. The van der Waals surface area contributed by atoms with Crippen molar-refractivity contribution in [1.29, 1.82) is 0 Å². The first kappa shape index (κ1) is 13.1.